The summed E-state index contributed by atoms with van der Waals surface area (Å²) < 4.78 is 23.4. The third kappa shape index (κ3) is 58.5. The van der Waals surface area contributed by atoms with Gasteiger partial charge >= 0.3 is 0 Å². The first-order chi connectivity index (χ1) is 35.5. The van der Waals surface area contributed by atoms with Crippen molar-refractivity contribution in [3.63, 3.8) is 0 Å². The highest BCUT2D eigenvalue weighted by molar-refractivity contribution is 7.45. The molecule has 0 saturated carbocycles. The van der Waals surface area contributed by atoms with Crippen LogP contribution in [0.15, 0.2) is 24.3 Å². The van der Waals surface area contributed by atoms with Crippen LogP contribution in [0.2, 0.25) is 0 Å². The standard InChI is InChI=1S/C64H127N2O6P/c1-6-8-10-12-14-16-18-20-22-24-26-28-30-32-34-36-38-40-42-44-46-48-50-52-54-56-58-64(68)65-62(61-72-73(69,70)71-60-59-66(3,4)5)63(67)57-55-53-51-49-47-45-43-41-39-37-35-33-31-29-27-25-23-21-19-17-15-13-11-9-7-2/h32,34,55,57,62-63,67H,6-31,33,35-54,56,58-61H2,1-5H3,(H-,65,68,69,70)/b34-32-,57-55+. The fraction of sp³-hybridized carbons (Fsp3) is 0.922. The molecule has 0 aromatic heterocycles. The molecule has 0 heterocycles. The van der Waals surface area contributed by atoms with Crippen molar-refractivity contribution in [2.45, 2.75) is 341 Å². The van der Waals surface area contributed by atoms with Crippen molar-refractivity contribution in [2.75, 3.05) is 40.9 Å². The van der Waals surface area contributed by atoms with Crippen LogP contribution < -0.4 is 10.2 Å². The van der Waals surface area contributed by atoms with Gasteiger partial charge in [0.05, 0.1) is 39.9 Å². The van der Waals surface area contributed by atoms with Crippen molar-refractivity contribution in [1.29, 1.82) is 0 Å². The number of amides is 1. The summed E-state index contributed by atoms with van der Waals surface area (Å²) in [6, 6.07) is -0.887. The van der Waals surface area contributed by atoms with Gasteiger partial charge < -0.3 is 28.8 Å². The number of unbranched alkanes of at least 4 members (excludes halogenated alkanes) is 45. The Kier molecular flexibility index (Phi) is 54.9. The molecule has 0 aliphatic heterocycles. The number of phosphoric acid groups is 1. The maximum atomic E-state index is 13.0. The molecule has 0 bridgehead atoms. The Morgan fingerprint density at radius 3 is 1.07 bits per heavy atom. The molecular formula is C64H127N2O6P. The van der Waals surface area contributed by atoms with Crippen molar-refractivity contribution < 1.29 is 32.9 Å². The number of phosphoric ester groups is 1. The Bertz CT molecular complexity index is 1240. The summed E-state index contributed by atoms with van der Waals surface area (Å²) in [5.74, 6) is -0.193. The average molecular weight is 1050 g/mol. The largest absolute Gasteiger partial charge is 0.756 e. The number of likely N-dealkylation sites (N-methyl/N-ethyl adjacent to an activating group) is 1. The highest BCUT2D eigenvalue weighted by Gasteiger charge is 2.23. The van der Waals surface area contributed by atoms with Crippen molar-refractivity contribution >= 4 is 13.7 Å². The molecule has 434 valence electrons. The molecule has 73 heavy (non-hydrogen) atoms. The van der Waals surface area contributed by atoms with E-state index in [0.29, 0.717) is 17.4 Å². The van der Waals surface area contributed by atoms with Gasteiger partial charge in [-0.25, -0.2) is 0 Å². The Morgan fingerprint density at radius 1 is 0.466 bits per heavy atom. The van der Waals surface area contributed by atoms with Gasteiger partial charge in [-0.2, -0.15) is 0 Å². The highest BCUT2D eigenvalue weighted by Crippen LogP contribution is 2.38. The van der Waals surface area contributed by atoms with E-state index in [-0.39, 0.29) is 19.1 Å². The topological polar surface area (TPSA) is 108 Å². The predicted molar refractivity (Wildman–Crippen MR) is 316 cm³/mol. The van der Waals surface area contributed by atoms with E-state index >= 15 is 0 Å². The number of hydrogen-bond donors (Lipinski definition) is 2. The SMILES string of the molecule is CCCCCCCCCCCCCC/C=C\CCCCCCCCCCCCC(=O)NC(COP(=O)([O-])OCC[N+](C)(C)C)C(O)/C=C/CCCCCCCCCCCCCCCCCCCCCCCCC. The summed E-state index contributed by atoms with van der Waals surface area (Å²) in [6.45, 7) is 4.70. The molecule has 0 rings (SSSR count). The molecule has 9 heteroatoms. The molecule has 0 saturated heterocycles. The molecule has 0 radical (unpaired) electrons. The van der Waals surface area contributed by atoms with Crippen molar-refractivity contribution in [1.82, 2.24) is 5.32 Å². The molecule has 8 nitrogen and oxygen atoms in total. The second kappa shape index (κ2) is 55.7. The Balaban J connectivity index is 4.12. The third-order valence-electron chi connectivity index (χ3n) is 14.9. The van der Waals surface area contributed by atoms with E-state index in [9.17, 15) is 19.4 Å². The fourth-order valence-corrected chi connectivity index (χ4v) is 10.6. The number of hydrogen-bond acceptors (Lipinski definition) is 6. The van der Waals surface area contributed by atoms with Crippen LogP contribution in [0.1, 0.15) is 328 Å². The number of nitrogens with zero attached hydrogens (tertiary/aromatic N) is 1. The molecule has 0 aromatic carbocycles. The van der Waals surface area contributed by atoms with Gasteiger partial charge in [-0.15, -0.1) is 0 Å². The van der Waals surface area contributed by atoms with Crippen LogP contribution in [0.5, 0.6) is 0 Å². The number of rotatable bonds is 60. The van der Waals surface area contributed by atoms with Crippen LogP contribution >= 0.6 is 7.82 Å². The van der Waals surface area contributed by atoms with Crippen LogP contribution in [0.25, 0.3) is 0 Å². The summed E-state index contributed by atoms with van der Waals surface area (Å²) >= 11 is 0. The summed E-state index contributed by atoms with van der Waals surface area (Å²) in [5.41, 5.74) is 0. The number of quaternary nitrogens is 1. The molecule has 0 aliphatic rings. The molecule has 0 spiro atoms. The Hall–Kier alpha value is -1.02. The number of nitrogens with one attached hydrogen (secondary N) is 1. The minimum absolute atomic E-state index is 0.000745. The van der Waals surface area contributed by atoms with Crippen molar-refractivity contribution in [3.8, 4) is 0 Å². The second-order valence-electron chi connectivity index (χ2n) is 23.5. The molecule has 0 fully saturated rings. The first kappa shape index (κ1) is 72.0. The van der Waals surface area contributed by atoms with Gasteiger partial charge in [-0.3, -0.25) is 9.36 Å². The normalized spacial score (nSPS) is 13.9. The van der Waals surface area contributed by atoms with Crippen LogP contribution in [0, 0.1) is 0 Å². The minimum Gasteiger partial charge on any atom is -0.756 e. The van der Waals surface area contributed by atoms with E-state index in [1.54, 1.807) is 6.08 Å². The summed E-state index contributed by atoms with van der Waals surface area (Å²) in [7, 11) is 1.28. The lowest BCUT2D eigenvalue weighted by Gasteiger charge is -2.29. The molecule has 1 amide bonds. The zero-order valence-electron chi connectivity index (χ0n) is 49.6. The molecule has 3 unspecified atom stereocenters. The lowest BCUT2D eigenvalue weighted by Crippen LogP contribution is -2.45. The van der Waals surface area contributed by atoms with Crippen LogP contribution in [0.3, 0.4) is 0 Å². The summed E-state index contributed by atoms with van der Waals surface area (Å²) in [6.07, 6.45) is 71.3. The number of aliphatic hydroxyl groups is 1. The van der Waals surface area contributed by atoms with E-state index in [1.807, 2.05) is 27.2 Å². The maximum absolute atomic E-state index is 13.0. The van der Waals surface area contributed by atoms with Crippen molar-refractivity contribution in [2.24, 2.45) is 0 Å². The van der Waals surface area contributed by atoms with Crippen LogP contribution in [-0.2, 0) is 18.4 Å². The minimum atomic E-state index is -4.60. The molecule has 3 atom stereocenters. The van der Waals surface area contributed by atoms with Gasteiger partial charge in [0, 0.05) is 6.42 Å². The number of carbonyl (C=O) groups is 1. The summed E-state index contributed by atoms with van der Waals surface area (Å²) in [5, 5.41) is 13.9. The zero-order valence-corrected chi connectivity index (χ0v) is 50.5. The lowest BCUT2D eigenvalue weighted by atomic mass is 10.0. The first-order valence-corrected chi connectivity index (χ1v) is 33.7. The highest BCUT2D eigenvalue weighted by atomic mass is 31.2. The van der Waals surface area contributed by atoms with Gasteiger partial charge in [0.2, 0.25) is 5.91 Å². The molecular weight excluding hydrogens is 924 g/mol. The molecule has 2 N–H and O–H groups in total. The molecule has 0 aliphatic carbocycles. The number of allylic oxidation sites excluding steroid dienone is 3. The maximum Gasteiger partial charge on any atom is 0.268 e. The van der Waals surface area contributed by atoms with Gasteiger partial charge in [0.1, 0.15) is 13.2 Å². The third-order valence-corrected chi connectivity index (χ3v) is 15.9. The van der Waals surface area contributed by atoms with E-state index in [4.69, 9.17) is 9.05 Å². The summed E-state index contributed by atoms with van der Waals surface area (Å²) in [4.78, 5) is 25.6. The smallest absolute Gasteiger partial charge is 0.268 e. The van der Waals surface area contributed by atoms with Gasteiger partial charge in [-0.1, -0.05) is 301 Å². The zero-order chi connectivity index (χ0) is 53.5. The monoisotopic (exact) mass is 1050 g/mol. The van der Waals surface area contributed by atoms with E-state index in [2.05, 4.69) is 31.3 Å². The van der Waals surface area contributed by atoms with Gasteiger partial charge in [-0.05, 0) is 44.9 Å². The van der Waals surface area contributed by atoms with E-state index in [0.717, 1.165) is 38.5 Å². The van der Waals surface area contributed by atoms with E-state index < -0.39 is 20.0 Å². The van der Waals surface area contributed by atoms with Crippen molar-refractivity contribution in [3.05, 3.63) is 24.3 Å². The Morgan fingerprint density at radius 2 is 0.753 bits per heavy atom. The quantitative estimate of drug-likeness (QED) is 0.0272. The predicted octanol–water partition coefficient (Wildman–Crippen LogP) is 19.3. The fourth-order valence-electron chi connectivity index (χ4n) is 9.86. The first-order valence-electron chi connectivity index (χ1n) is 32.2. The number of aliphatic hydroxyl groups excluding tert-OH is 1. The number of carbonyl (C=O) groups excluding carboxylic acids is 1. The second-order valence-corrected chi connectivity index (χ2v) is 24.9. The lowest BCUT2D eigenvalue weighted by molar-refractivity contribution is -0.870. The average Bonchev–Trinajstić information content (AvgIpc) is 3.35. The van der Waals surface area contributed by atoms with Crippen LogP contribution in [0.4, 0.5) is 0 Å². The van der Waals surface area contributed by atoms with Crippen LogP contribution in [-0.4, -0.2) is 68.5 Å². The van der Waals surface area contributed by atoms with Gasteiger partial charge in [0.25, 0.3) is 7.82 Å². The van der Waals surface area contributed by atoms with E-state index in [1.165, 1.54) is 270 Å². The Labute approximate surface area is 455 Å². The molecule has 0 aromatic rings. The van der Waals surface area contributed by atoms with Gasteiger partial charge in [0.15, 0.2) is 0 Å².